The van der Waals surface area contributed by atoms with E-state index >= 15 is 0 Å². The standard InChI is InChI=1S/C21H21N3O2/c1-3-26-19-7-5-4-6-16(19)17-12-20(25)23-21-18(17)13-22-24(21)15-10-8-14(2)9-11-15/h4-11,13,17H,3,12H2,1-2H3,(H,23,25)/t17-/m0/s1. The lowest BCUT2D eigenvalue weighted by molar-refractivity contribution is -0.116. The molecule has 132 valence electrons. The van der Waals surface area contributed by atoms with E-state index in [-0.39, 0.29) is 11.8 Å². The van der Waals surface area contributed by atoms with Crippen LogP contribution in [0.5, 0.6) is 5.75 Å². The van der Waals surface area contributed by atoms with Crippen molar-refractivity contribution in [2.24, 2.45) is 0 Å². The molecule has 4 rings (SSSR count). The highest BCUT2D eigenvalue weighted by atomic mass is 16.5. The molecule has 0 bridgehead atoms. The van der Waals surface area contributed by atoms with Gasteiger partial charge in [-0.1, -0.05) is 35.9 Å². The van der Waals surface area contributed by atoms with Crippen molar-refractivity contribution >= 4 is 11.7 Å². The molecule has 0 spiro atoms. The lowest BCUT2D eigenvalue weighted by Gasteiger charge is -2.25. The normalized spacial score (nSPS) is 16.1. The third-order valence-corrected chi connectivity index (χ3v) is 4.69. The summed E-state index contributed by atoms with van der Waals surface area (Å²) in [7, 11) is 0. The molecular formula is C21H21N3O2. The second kappa shape index (κ2) is 6.67. The predicted octanol–water partition coefficient (Wildman–Crippen LogP) is 4.05. The summed E-state index contributed by atoms with van der Waals surface area (Å²) in [6.07, 6.45) is 2.23. The Kier molecular flexibility index (Phi) is 4.21. The first-order chi connectivity index (χ1) is 12.7. The lowest BCUT2D eigenvalue weighted by Crippen LogP contribution is -2.24. The maximum absolute atomic E-state index is 12.4. The molecule has 26 heavy (non-hydrogen) atoms. The van der Waals surface area contributed by atoms with E-state index in [1.165, 1.54) is 5.56 Å². The Morgan fingerprint density at radius 2 is 1.92 bits per heavy atom. The van der Waals surface area contributed by atoms with Crippen LogP contribution in [0.2, 0.25) is 0 Å². The van der Waals surface area contributed by atoms with Gasteiger partial charge in [-0.25, -0.2) is 4.68 Å². The van der Waals surface area contributed by atoms with Crippen molar-refractivity contribution in [1.29, 1.82) is 0 Å². The topological polar surface area (TPSA) is 56.1 Å². The average molecular weight is 347 g/mol. The van der Waals surface area contributed by atoms with E-state index in [1.807, 2.05) is 68.6 Å². The molecule has 5 heteroatoms. The minimum Gasteiger partial charge on any atom is -0.494 e. The summed E-state index contributed by atoms with van der Waals surface area (Å²) in [6.45, 7) is 4.60. The zero-order valence-corrected chi connectivity index (χ0v) is 14.9. The first kappa shape index (κ1) is 16.4. The van der Waals surface area contributed by atoms with Crippen molar-refractivity contribution in [3.8, 4) is 11.4 Å². The van der Waals surface area contributed by atoms with Gasteiger partial charge in [0.25, 0.3) is 0 Å². The largest absolute Gasteiger partial charge is 0.494 e. The first-order valence-electron chi connectivity index (χ1n) is 8.84. The van der Waals surface area contributed by atoms with Crippen LogP contribution in [0.25, 0.3) is 5.69 Å². The number of hydrogen-bond acceptors (Lipinski definition) is 3. The van der Waals surface area contributed by atoms with E-state index < -0.39 is 0 Å². The summed E-state index contributed by atoms with van der Waals surface area (Å²) in [5.41, 5.74) is 4.14. The molecule has 1 aliphatic heterocycles. The molecule has 3 aromatic rings. The molecule has 0 fully saturated rings. The summed E-state index contributed by atoms with van der Waals surface area (Å²) in [4.78, 5) is 12.4. The number of anilines is 1. The van der Waals surface area contributed by atoms with Gasteiger partial charge in [0.2, 0.25) is 5.91 Å². The number of fused-ring (bicyclic) bond motifs is 1. The number of rotatable bonds is 4. The van der Waals surface area contributed by atoms with Crippen molar-refractivity contribution in [2.45, 2.75) is 26.2 Å². The van der Waals surface area contributed by atoms with Gasteiger partial charge in [-0.2, -0.15) is 5.10 Å². The monoisotopic (exact) mass is 347 g/mol. The van der Waals surface area contributed by atoms with Gasteiger partial charge in [-0.3, -0.25) is 4.79 Å². The van der Waals surface area contributed by atoms with E-state index in [0.29, 0.717) is 13.0 Å². The smallest absolute Gasteiger partial charge is 0.226 e. The second-order valence-electron chi connectivity index (χ2n) is 6.47. The quantitative estimate of drug-likeness (QED) is 0.774. The summed E-state index contributed by atoms with van der Waals surface area (Å²) in [5.74, 6) is 1.48. The SMILES string of the molecule is CCOc1ccccc1[C@@H]1CC(=O)Nc2c1cnn2-c1ccc(C)cc1. The molecule has 0 unspecified atom stereocenters. The highest BCUT2D eigenvalue weighted by Crippen LogP contribution is 2.41. The molecule has 2 heterocycles. The lowest BCUT2D eigenvalue weighted by atomic mass is 9.87. The number of ether oxygens (including phenoxy) is 1. The maximum atomic E-state index is 12.4. The highest BCUT2D eigenvalue weighted by Gasteiger charge is 2.31. The molecule has 1 aliphatic rings. The Hall–Kier alpha value is -3.08. The molecule has 0 saturated carbocycles. The van der Waals surface area contributed by atoms with Gasteiger partial charge in [0.1, 0.15) is 11.6 Å². The van der Waals surface area contributed by atoms with E-state index in [1.54, 1.807) is 4.68 Å². The second-order valence-corrected chi connectivity index (χ2v) is 6.47. The highest BCUT2D eigenvalue weighted by molar-refractivity contribution is 5.94. The van der Waals surface area contributed by atoms with Crippen LogP contribution in [-0.2, 0) is 4.79 Å². The van der Waals surface area contributed by atoms with E-state index in [4.69, 9.17) is 4.74 Å². The molecule has 1 atom stereocenters. The fraction of sp³-hybridized carbons (Fsp3) is 0.238. The van der Waals surface area contributed by atoms with Crippen LogP contribution in [-0.4, -0.2) is 22.3 Å². The van der Waals surface area contributed by atoms with Crippen LogP contribution in [0.1, 0.15) is 36.0 Å². The summed E-state index contributed by atoms with van der Waals surface area (Å²) < 4.78 is 7.58. The van der Waals surface area contributed by atoms with Crippen molar-refractivity contribution in [2.75, 3.05) is 11.9 Å². The fourth-order valence-corrected chi connectivity index (χ4v) is 3.43. The van der Waals surface area contributed by atoms with Crippen LogP contribution in [0.4, 0.5) is 5.82 Å². The maximum Gasteiger partial charge on any atom is 0.226 e. The fourth-order valence-electron chi connectivity index (χ4n) is 3.43. The van der Waals surface area contributed by atoms with Crippen molar-refractivity contribution in [1.82, 2.24) is 9.78 Å². The van der Waals surface area contributed by atoms with Crippen LogP contribution in [0.3, 0.4) is 0 Å². The molecule has 1 aromatic heterocycles. The molecule has 0 radical (unpaired) electrons. The van der Waals surface area contributed by atoms with E-state index in [2.05, 4.69) is 10.4 Å². The predicted molar refractivity (Wildman–Crippen MR) is 101 cm³/mol. The Balaban J connectivity index is 1.80. The summed E-state index contributed by atoms with van der Waals surface area (Å²) in [6, 6.07) is 16.0. The minimum atomic E-state index is -0.0688. The van der Waals surface area contributed by atoms with Gasteiger partial charge >= 0.3 is 0 Å². The van der Waals surface area contributed by atoms with Crippen LogP contribution < -0.4 is 10.1 Å². The Morgan fingerprint density at radius 3 is 2.69 bits per heavy atom. The molecule has 5 nitrogen and oxygen atoms in total. The number of benzene rings is 2. The number of nitrogens with zero attached hydrogens (tertiary/aromatic N) is 2. The van der Waals surface area contributed by atoms with Crippen molar-refractivity contribution in [3.05, 3.63) is 71.4 Å². The number of carbonyl (C=O) groups excluding carboxylic acids is 1. The van der Waals surface area contributed by atoms with Crippen molar-refractivity contribution < 1.29 is 9.53 Å². The number of carbonyl (C=O) groups is 1. The Bertz CT molecular complexity index is 944. The van der Waals surface area contributed by atoms with Gasteiger partial charge in [-0.05, 0) is 32.0 Å². The zero-order valence-electron chi connectivity index (χ0n) is 14.9. The van der Waals surface area contributed by atoms with E-state index in [0.717, 1.165) is 28.4 Å². The van der Waals surface area contributed by atoms with Gasteiger partial charge in [0, 0.05) is 23.5 Å². The number of hydrogen-bond donors (Lipinski definition) is 1. The third kappa shape index (κ3) is 2.86. The Morgan fingerprint density at radius 1 is 1.15 bits per heavy atom. The molecule has 1 amide bonds. The first-order valence-corrected chi connectivity index (χ1v) is 8.84. The van der Waals surface area contributed by atoms with Gasteiger partial charge in [0.05, 0.1) is 18.5 Å². The number of amides is 1. The van der Waals surface area contributed by atoms with Gasteiger partial charge < -0.3 is 10.1 Å². The third-order valence-electron chi connectivity index (χ3n) is 4.69. The minimum absolute atomic E-state index is 0.0114. The van der Waals surface area contributed by atoms with Crippen molar-refractivity contribution in [3.63, 3.8) is 0 Å². The molecule has 0 aliphatic carbocycles. The van der Waals surface area contributed by atoms with Crippen LogP contribution >= 0.6 is 0 Å². The molecular weight excluding hydrogens is 326 g/mol. The number of aryl methyl sites for hydroxylation is 1. The molecule has 2 aromatic carbocycles. The van der Waals surface area contributed by atoms with Gasteiger partial charge in [-0.15, -0.1) is 0 Å². The number of para-hydroxylation sites is 1. The van der Waals surface area contributed by atoms with Crippen LogP contribution in [0.15, 0.2) is 54.7 Å². The molecule has 1 N–H and O–H groups in total. The Labute approximate surface area is 152 Å². The summed E-state index contributed by atoms with van der Waals surface area (Å²) in [5, 5.41) is 7.54. The number of nitrogens with one attached hydrogen (secondary N) is 1. The average Bonchev–Trinajstić information content (AvgIpc) is 3.06. The van der Waals surface area contributed by atoms with Gasteiger partial charge in [0.15, 0.2) is 0 Å². The molecule has 0 saturated heterocycles. The number of aromatic nitrogens is 2. The van der Waals surface area contributed by atoms with Crippen LogP contribution in [0, 0.1) is 6.92 Å². The van der Waals surface area contributed by atoms with E-state index in [9.17, 15) is 4.79 Å². The zero-order chi connectivity index (χ0) is 18.1. The summed E-state index contributed by atoms with van der Waals surface area (Å²) >= 11 is 0.